The van der Waals surface area contributed by atoms with Crippen molar-refractivity contribution in [3.63, 3.8) is 0 Å². The van der Waals surface area contributed by atoms with E-state index in [1.165, 1.54) is 7.11 Å². The quantitative estimate of drug-likeness (QED) is 0.253. The van der Waals surface area contributed by atoms with Gasteiger partial charge in [0.1, 0.15) is 0 Å². The van der Waals surface area contributed by atoms with Gasteiger partial charge in [-0.1, -0.05) is 57.6 Å². The Hall–Kier alpha value is -1.36. The summed E-state index contributed by atoms with van der Waals surface area (Å²) in [5, 5.41) is 9.71. The van der Waals surface area contributed by atoms with Gasteiger partial charge >= 0.3 is 11.9 Å². The Balaban J connectivity index is 3.42. The molecule has 0 aromatic heterocycles. The number of ether oxygens (including phenoxy) is 2. The molecular formula is C20H36O5. The summed E-state index contributed by atoms with van der Waals surface area (Å²) in [6, 6.07) is 0. The van der Waals surface area contributed by atoms with Gasteiger partial charge in [-0.2, -0.15) is 0 Å². The van der Waals surface area contributed by atoms with Gasteiger partial charge in [-0.25, -0.2) is 0 Å². The third-order valence-electron chi connectivity index (χ3n) is 4.00. The van der Waals surface area contributed by atoms with Crippen molar-refractivity contribution in [3.05, 3.63) is 12.2 Å². The maximum Gasteiger partial charge on any atom is 0.305 e. The zero-order chi connectivity index (χ0) is 18.8. The monoisotopic (exact) mass is 356 g/mol. The van der Waals surface area contributed by atoms with Crippen LogP contribution in [0, 0.1) is 0 Å². The lowest BCUT2D eigenvalue weighted by molar-refractivity contribution is -0.143. The normalized spacial score (nSPS) is 12.3. The SMILES string of the molecule is CCCCC[C@@H](O)/C=C/CCOC(=O)CCCCCCCC(=O)OC. The molecule has 5 heteroatoms. The van der Waals surface area contributed by atoms with Crippen LogP contribution < -0.4 is 0 Å². The van der Waals surface area contributed by atoms with Crippen LogP contribution in [0.25, 0.3) is 0 Å². The van der Waals surface area contributed by atoms with Crippen LogP contribution in [0.3, 0.4) is 0 Å². The van der Waals surface area contributed by atoms with Gasteiger partial charge in [0.25, 0.3) is 0 Å². The maximum absolute atomic E-state index is 11.6. The number of hydrogen-bond donors (Lipinski definition) is 1. The van der Waals surface area contributed by atoms with E-state index < -0.39 is 0 Å². The molecule has 0 aliphatic heterocycles. The van der Waals surface area contributed by atoms with Crippen LogP contribution in [-0.4, -0.2) is 36.9 Å². The number of aliphatic hydroxyl groups is 1. The number of carbonyl (C=O) groups is 2. The van der Waals surface area contributed by atoms with E-state index >= 15 is 0 Å². The third kappa shape index (κ3) is 17.3. The Morgan fingerprint density at radius 2 is 1.60 bits per heavy atom. The van der Waals surface area contributed by atoms with Crippen LogP contribution in [-0.2, 0) is 19.1 Å². The molecule has 0 saturated heterocycles. The van der Waals surface area contributed by atoms with Gasteiger partial charge in [-0.15, -0.1) is 0 Å². The van der Waals surface area contributed by atoms with E-state index in [2.05, 4.69) is 11.7 Å². The molecule has 5 nitrogen and oxygen atoms in total. The summed E-state index contributed by atoms with van der Waals surface area (Å²) in [4.78, 5) is 22.5. The topological polar surface area (TPSA) is 72.8 Å². The molecule has 0 saturated carbocycles. The summed E-state index contributed by atoms with van der Waals surface area (Å²) in [6.45, 7) is 2.51. The van der Waals surface area contributed by atoms with Gasteiger partial charge in [0.05, 0.1) is 19.8 Å². The number of hydrogen-bond acceptors (Lipinski definition) is 5. The Labute approximate surface area is 152 Å². The minimum atomic E-state index is -0.388. The van der Waals surface area contributed by atoms with Crippen molar-refractivity contribution in [2.45, 2.75) is 90.1 Å². The van der Waals surface area contributed by atoms with Crippen molar-refractivity contribution >= 4 is 11.9 Å². The molecule has 25 heavy (non-hydrogen) atoms. The minimum absolute atomic E-state index is 0.161. The van der Waals surface area contributed by atoms with Crippen molar-refractivity contribution < 1.29 is 24.2 Å². The number of unbranched alkanes of at least 4 members (excludes halogenated alkanes) is 6. The van der Waals surface area contributed by atoms with Crippen LogP contribution in [0.15, 0.2) is 12.2 Å². The summed E-state index contributed by atoms with van der Waals surface area (Å²) in [6.07, 6.45) is 13.6. The molecule has 0 bridgehead atoms. The molecule has 146 valence electrons. The lowest BCUT2D eigenvalue weighted by atomic mass is 10.1. The molecule has 0 amide bonds. The highest BCUT2D eigenvalue weighted by atomic mass is 16.5. The second-order valence-electron chi connectivity index (χ2n) is 6.34. The fourth-order valence-electron chi connectivity index (χ4n) is 2.44. The van der Waals surface area contributed by atoms with E-state index in [0.29, 0.717) is 25.9 Å². The molecule has 0 fully saturated rings. The largest absolute Gasteiger partial charge is 0.469 e. The Morgan fingerprint density at radius 3 is 2.24 bits per heavy atom. The summed E-state index contributed by atoms with van der Waals surface area (Å²) < 4.78 is 9.74. The molecule has 0 heterocycles. The summed E-state index contributed by atoms with van der Waals surface area (Å²) in [5.41, 5.74) is 0. The zero-order valence-electron chi connectivity index (χ0n) is 16.0. The molecule has 0 aliphatic carbocycles. The van der Waals surface area contributed by atoms with Crippen LogP contribution in [0.2, 0.25) is 0 Å². The molecular weight excluding hydrogens is 320 g/mol. The van der Waals surface area contributed by atoms with Crippen LogP contribution in [0.5, 0.6) is 0 Å². The van der Waals surface area contributed by atoms with Gasteiger partial charge in [0, 0.05) is 12.8 Å². The van der Waals surface area contributed by atoms with E-state index in [1.807, 2.05) is 6.08 Å². The van der Waals surface area contributed by atoms with Crippen molar-refractivity contribution in [1.82, 2.24) is 0 Å². The van der Waals surface area contributed by atoms with E-state index in [4.69, 9.17) is 4.74 Å². The van der Waals surface area contributed by atoms with Crippen LogP contribution in [0.1, 0.15) is 84.0 Å². The lowest BCUT2D eigenvalue weighted by Crippen LogP contribution is -2.05. The van der Waals surface area contributed by atoms with Crippen LogP contribution in [0.4, 0.5) is 0 Å². The first-order valence-electron chi connectivity index (χ1n) is 9.67. The van der Waals surface area contributed by atoms with Crippen molar-refractivity contribution in [2.75, 3.05) is 13.7 Å². The first kappa shape index (κ1) is 23.6. The number of methoxy groups -OCH3 is 1. The molecule has 0 radical (unpaired) electrons. The fourth-order valence-corrected chi connectivity index (χ4v) is 2.44. The summed E-state index contributed by atoms with van der Waals surface area (Å²) >= 11 is 0. The summed E-state index contributed by atoms with van der Waals surface area (Å²) in [5.74, 6) is -0.322. The van der Waals surface area contributed by atoms with E-state index in [1.54, 1.807) is 6.08 Å². The van der Waals surface area contributed by atoms with Crippen molar-refractivity contribution in [1.29, 1.82) is 0 Å². The highest BCUT2D eigenvalue weighted by Crippen LogP contribution is 2.08. The van der Waals surface area contributed by atoms with Gasteiger partial charge < -0.3 is 14.6 Å². The average Bonchev–Trinajstić information content (AvgIpc) is 2.60. The Bertz CT molecular complexity index is 365. The predicted octanol–water partition coefficient (Wildman–Crippen LogP) is 4.32. The number of rotatable bonds is 16. The molecule has 1 N–H and O–H groups in total. The third-order valence-corrected chi connectivity index (χ3v) is 4.00. The number of carbonyl (C=O) groups excluding carboxylic acids is 2. The number of esters is 2. The molecule has 0 unspecified atom stereocenters. The minimum Gasteiger partial charge on any atom is -0.469 e. The first-order chi connectivity index (χ1) is 12.1. The smallest absolute Gasteiger partial charge is 0.305 e. The van der Waals surface area contributed by atoms with Gasteiger partial charge in [-0.05, 0) is 25.7 Å². The molecule has 0 aromatic carbocycles. The van der Waals surface area contributed by atoms with E-state index in [9.17, 15) is 14.7 Å². The van der Waals surface area contributed by atoms with E-state index in [0.717, 1.165) is 57.8 Å². The Kier molecular flexibility index (Phi) is 16.5. The molecule has 0 spiro atoms. The Morgan fingerprint density at radius 1 is 0.960 bits per heavy atom. The average molecular weight is 357 g/mol. The summed E-state index contributed by atoms with van der Waals surface area (Å²) in [7, 11) is 1.40. The van der Waals surface area contributed by atoms with Gasteiger partial charge in [0.15, 0.2) is 0 Å². The van der Waals surface area contributed by atoms with Gasteiger partial charge in [0.2, 0.25) is 0 Å². The molecule has 1 atom stereocenters. The highest BCUT2D eigenvalue weighted by Gasteiger charge is 2.03. The van der Waals surface area contributed by atoms with Crippen LogP contribution >= 0.6 is 0 Å². The fraction of sp³-hybridized carbons (Fsp3) is 0.800. The zero-order valence-corrected chi connectivity index (χ0v) is 16.0. The van der Waals surface area contributed by atoms with Crippen molar-refractivity contribution in [2.24, 2.45) is 0 Å². The standard InChI is InChI=1S/C20H36O5/c1-3-4-8-13-18(21)14-11-12-17-25-20(23)16-10-7-5-6-9-15-19(22)24-2/h11,14,18,21H,3-10,12-13,15-17H2,1-2H3/b14-11+/t18-/m1/s1. The number of aliphatic hydroxyl groups excluding tert-OH is 1. The predicted molar refractivity (Wildman–Crippen MR) is 99.2 cm³/mol. The van der Waals surface area contributed by atoms with Gasteiger partial charge in [-0.3, -0.25) is 9.59 Å². The maximum atomic E-state index is 11.6. The highest BCUT2D eigenvalue weighted by molar-refractivity contribution is 5.69. The molecule has 0 aliphatic rings. The second-order valence-corrected chi connectivity index (χ2v) is 6.34. The van der Waals surface area contributed by atoms with Crippen molar-refractivity contribution in [3.8, 4) is 0 Å². The second kappa shape index (κ2) is 17.5. The lowest BCUT2D eigenvalue weighted by Gasteiger charge is -2.05. The molecule has 0 aromatic rings. The molecule has 0 rings (SSSR count). The van der Waals surface area contributed by atoms with E-state index in [-0.39, 0.29) is 18.0 Å². The first-order valence-corrected chi connectivity index (χ1v) is 9.67.